The van der Waals surface area contributed by atoms with Gasteiger partial charge in [-0.15, -0.1) is 0 Å². The van der Waals surface area contributed by atoms with E-state index in [1.54, 1.807) is 18.2 Å². The smallest absolute Gasteiger partial charge is 0.165 e. The average Bonchev–Trinajstić information content (AvgIpc) is 2.52. The summed E-state index contributed by atoms with van der Waals surface area (Å²) in [5, 5.41) is 9.96. The molecule has 0 fully saturated rings. The van der Waals surface area contributed by atoms with Crippen LogP contribution in [0.25, 0.3) is 0 Å². The number of para-hydroxylation sites is 1. The van der Waals surface area contributed by atoms with Crippen molar-refractivity contribution in [2.75, 3.05) is 7.11 Å². The molecule has 112 valence electrons. The quantitative estimate of drug-likeness (QED) is 0.878. The molecule has 0 bridgehead atoms. The highest BCUT2D eigenvalue weighted by Crippen LogP contribution is 2.28. The molecule has 0 saturated heterocycles. The van der Waals surface area contributed by atoms with Gasteiger partial charge in [-0.25, -0.2) is 4.39 Å². The molecule has 1 N–H and O–H groups in total. The second-order valence-corrected chi connectivity index (χ2v) is 4.72. The lowest BCUT2D eigenvalue weighted by Gasteiger charge is -2.15. The number of halogens is 1. The van der Waals surface area contributed by atoms with E-state index in [1.807, 2.05) is 25.1 Å². The van der Waals surface area contributed by atoms with Crippen LogP contribution in [0.5, 0.6) is 11.5 Å². The van der Waals surface area contributed by atoms with Crippen LogP contribution in [0.3, 0.4) is 0 Å². The van der Waals surface area contributed by atoms with Gasteiger partial charge < -0.3 is 14.6 Å². The normalized spacial score (nSPS) is 12.0. The summed E-state index contributed by atoms with van der Waals surface area (Å²) in [6, 6.07) is 12.0. The van der Waals surface area contributed by atoms with Gasteiger partial charge in [0.1, 0.15) is 12.4 Å². The van der Waals surface area contributed by atoms with Crippen LogP contribution >= 0.6 is 0 Å². The van der Waals surface area contributed by atoms with E-state index in [4.69, 9.17) is 9.47 Å². The van der Waals surface area contributed by atoms with Gasteiger partial charge in [-0.1, -0.05) is 31.2 Å². The van der Waals surface area contributed by atoms with Gasteiger partial charge in [0, 0.05) is 5.56 Å². The number of hydrogen-bond donors (Lipinski definition) is 1. The molecule has 0 aliphatic heterocycles. The average molecular weight is 290 g/mol. The van der Waals surface area contributed by atoms with Crippen molar-refractivity contribution in [2.24, 2.45) is 0 Å². The molecule has 0 aromatic heterocycles. The molecule has 0 radical (unpaired) electrons. The van der Waals surface area contributed by atoms with E-state index >= 15 is 0 Å². The van der Waals surface area contributed by atoms with Gasteiger partial charge in [0.25, 0.3) is 0 Å². The fourth-order valence-corrected chi connectivity index (χ4v) is 2.07. The van der Waals surface area contributed by atoms with E-state index in [1.165, 1.54) is 13.2 Å². The largest absolute Gasteiger partial charge is 0.494 e. The zero-order chi connectivity index (χ0) is 15.2. The molecule has 0 unspecified atom stereocenters. The fraction of sp³-hybridized carbons (Fsp3) is 0.294. The first-order chi connectivity index (χ1) is 10.2. The molecule has 0 heterocycles. The van der Waals surface area contributed by atoms with E-state index in [-0.39, 0.29) is 12.4 Å². The molecule has 2 aromatic carbocycles. The Morgan fingerprint density at radius 1 is 1.14 bits per heavy atom. The highest BCUT2D eigenvalue weighted by atomic mass is 19.1. The van der Waals surface area contributed by atoms with Crippen molar-refractivity contribution in [1.29, 1.82) is 0 Å². The SMILES string of the molecule is CC[C@@H](O)c1ccccc1OCc1ccc(OC)c(F)c1. The molecule has 2 rings (SSSR count). The van der Waals surface area contributed by atoms with Crippen molar-refractivity contribution >= 4 is 0 Å². The monoisotopic (exact) mass is 290 g/mol. The van der Waals surface area contributed by atoms with Crippen LogP contribution in [0.15, 0.2) is 42.5 Å². The lowest BCUT2D eigenvalue weighted by atomic mass is 10.1. The van der Waals surface area contributed by atoms with Crippen LogP contribution in [0, 0.1) is 5.82 Å². The summed E-state index contributed by atoms with van der Waals surface area (Å²) in [5.74, 6) is 0.407. The maximum Gasteiger partial charge on any atom is 0.165 e. The summed E-state index contributed by atoms with van der Waals surface area (Å²) < 4.78 is 24.2. The molecule has 0 spiro atoms. The third-order valence-electron chi connectivity index (χ3n) is 3.28. The van der Waals surface area contributed by atoms with Gasteiger partial charge in [0.2, 0.25) is 0 Å². The zero-order valence-corrected chi connectivity index (χ0v) is 12.2. The van der Waals surface area contributed by atoms with Crippen molar-refractivity contribution < 1.29 is 19.0 Å². The summed E-state index contributed by atoms with van der Waals surface area (Å²) in [6.45, 7) is 2.13. The summed E-state index contributed by atoms with van der Waals surface area (Å²) in [5.41, 5.74) is 1.45. The van der Waals surface area contributed by atoms with Gasteiger partial charge in [-0.2, -0.15) is 0 Å². The Morgan fingerprint density at radius 3 is 2.57 bits per heavy atom. The van der Waals surface area contributed by atoms with Crippen LogP contribution in [-0.2, 0) is 6.61 Å². The first kappa shape index (κ1) is 15.3. The number of benzene rings is 2. The van der Waals surface area contributed by atoms with Crippen molar-refractivity contribution in [3.8, 4) is 11.5 Å². The maximum atomic E-state index is 13.6. The van der Waals surface area contributed by atoms with Crippen molar-refractivity contribution in [3.63, 3.8) is 0 Å². The number of rotatable bonds is 6. The van der Waals surface area contributed by atoms with E-state index in [2.05, 4.69) is 0 Å². The number of ether oxygens (including phenoxy) is 2. The van der Waals surface area contributed by atoms with Crippen LogP contribution in [-0.4, -0.2) is 12.2 Å². The maximum absolute atomic E-state index is 13.6. The van der Waals surface area contributed by atoms with E-state index in [0.29, 0.717) is 17.7 Å². The fourth-order valence-electron chi connectivity index (χ4n) is 2.07. The van der Waals surface area contributed by atoms with E-state index in [9.17, 15) is 9.50 Å². The first-order valence-electron chi connectivity index (χ1n) is 6.88. The molecule has 0 amide bonds. The molecular weight excluding hydrogens is 271 g/mol. The first-order valence-corrected chi connectivity index (χ1v) is 6.88. The molecule has 2 aromatic rings. The third-order valence-corrected chi connectivity index (χ3v) is 3.28. The Hall–Kier alpha value is -2.07. The number of hydrogen-bond acceptors (Lipinski definition) is 3. The third kappa shape index (κ3) is 3.73. The number of aliphatic hydroxyl groups excluding tert-OH is 1. The molecule has 0 aliphatic rings. The minimum atomic E-state index is -0.561. The van der Waals surface area contributed by atoms with Gasteiger partial charge in [0.05, 0.1) is 13.2 Å². The standard InChI is InChI=1S/C17H19FO3/c1-3-15(19)13-6-4-5-7-16(13)21-11-12-8-9-17(20-2)14(18)10-12/h4-10,15,19H,3,11H2,1-2H3/t15-/m1/s1. The molecule has 21 heavy (non-hydrogen) atoms. The molecule has 0 aliphatic carbocycles. The van der Waals surface area contributed by atoms with E-state index < -0.39 is 11.9 Å². The van der Waals surface area contributed by atoms with Crippen molar-refractivity contribution in [1.82, 2.24) is 0 Å². The molecule has 1 atom stereocenters. The molecule has 3 nitrogen and oxygen atoms in total. The topological polar surface area (TPSA) is 38.7 Å². The Kier molecular flexibility index (Phi) is 5.17. The lowest BCUT2D eigenvalue weighted by molar-refractivity contribution is 0.166. The van der Waals surface area contributed by atoms with Crippen molar-refractivity contribution in [3.05, 3.63) is 59.4 Å². The Balaban J connectivity index is 2.11. The van der Waals surface area contributed by atoms with Gasteiger partial charge in [-0.3, -0.25) is 0 Å². The van der Waals surface area contributed by atoms with Crippen molar-refractivity contribution in [2.45, 2.75) is 26.1 Å². The highest BCUT2D eigenvalue weighted by Gasteiger charge is 2.11. The molecular formula is C17H19FO3. The minimum absolute atomic E-state index is 0.209. The van der Waals surface area contributed by atoms with Gasteiger partial charge in [0.15, 0.2) is 11.6 Å². The predicted molar refractivity (Wildman–Crippen MR) is 79.0 cm³/mol. The Bertz CT molecular complexity index is 598. The zero-order valence-electron chi connectivity index (χ0n) is 12.2. The minimum Gasteiger partial charge on any atom is -0.494 e. The molecule has 0 saturated carbocycles. The van der Waals surface area contributed by atoms with Crippen LogP contribution < -0.4 is 9.47 Å². The molecule has 4 heteroatoms. The Labute approximate surface area is 124 Å². The highest BCUT2D eigenvalue weighted by molar-refractivity contribution is 5.35. The second-order valence-electron chi connectivity index (χ2n) is 4.72. The lowest BCUT2D eigenvalue weighted by Crippen LogP contribution is -2.02. The van der Waals surface area contributed by atoms with Crippen LogP contribution in [0.1, 0.15) is 30.6 Å². The summed E-state index contributed by atoms with van der Waals surface area (Å²) in [7, 11) is 1.43. The van der Waals surface area contributed by atoms with Gasteiger partial charge in [-0.05, 0) is 30.2 Å². The number of methoxy groups -OCH3 is 1. The second kappa shape index (κ2) is 7.09. The van der Waals surface area contributed by atoms with Gasteiger partial charge >= 0.3 is 0 Å². The number of aliphatic hydroxyl groups is 1. The summed E-state index contributed by atoms with van der Waals surface area (Å²) >= 11 is 0. The Morgan fingerprint density at radius 2 is 1.90 bits per heavy atom. The summed E-state index contributed by atoms with van der Waals surface area (Å²) in [4.78, 5) is 0. The van der Waals surface area contributed by atoms with Crippen LogP contribution in [0.4, 0.5) is 4.39 Å². The van der Waals surface area contributed by atoms with Crippen LogP contribution in [0.2, 0.25) is 0 Å². The van der Waals surface area contributed by atoms with E-state index in [0.717, 1.165) is 5.56 Å². The summed E-state index contributed by atoms with van der Waals surface area (Å²) in [6.07, 6.45) is 0.0474. The predicted octanol–water partition coefficient (Wildman–Crippen LogP) is 3.86.